The molecule has 1 fully saturated rings. The van der Waals surface area contributed by atoms with Crippen molar-refractivity contribution in [2.24, 2.45) is 17.3 Å². The van der Waals surface area contributed by atoms with Crippen LogP contribution in [0, 0.1) is 17.3 Å². The molecular formula is C21H34N2O3. The SMILES string of the molecule is COC(=O)CCc1cc(N)c(NCC2C[C@H](C)CC(C)(C)C2)cc1OC. The predicted molar refractivity (Wildman–Crippen MR) is 107 cm³/mol. The predicted octanol–water partition coefficient (Wildman–Crippen LogP) is 4.26. The van der Waals surface area contributed by atoms with E-state index in [4.69, 9.17) is 15.2 Å². The Kier molecular flexibility index (Phi) is 6.79. The number of ether oxygens (including phenoxy) is 2. The van der Waals surface area contributed by atoms with Gasteiger partial charge in [-0.15, -0.1) is 0 Å². The number of methoxy groups -OCH3 is 2. The molecule has 3 N–H and O–H groups in total. The molecule has 5 nitrogen and oxygen atoms in total. The van der Waals surface area contributed by atoms with Gasteiger partial charge in [0.25, 0.3) is 0 Å². The third kappa shape index (κ3) is 5.55. The van der Waals surface area contributed by atoms with Crippen molar-refractivity contribution in [1.29, 1.82) is 0 Å². The van der Waals surface area contributed by atoms with Gasteiger partial charge < -0.3 is 20.5 Å². The maximum absolute atomic E-state index is 11.4. The van der Waals surface area contributed by atoms with Crippen molar-refractivity contribution in [2.75, 3.05) is 31.8 Å². The lowest BCUT2D eigenvalue weighted by atomic mass is 9.68. The summed E-state index contributed by atoms with van der Waals surface area (Å²) in [4.78, 5) is 11.4. The fraction of sp³-hybridized carbons (Fsp3) is 0.667. The van der Waals surface area contributed by atoms with Crippen LogP contribution in [-0.4, -0.2) is 26.7 Å². The molecule has 1 saturated carbocycles. The Morgan fingerprint density at radius 1 is 1.31 bits per heavy atom. The molecule has 0 spiro atoms. The Hall–Kier alpha value is -1.91. The molecule has 1 unspecified atom stereocenters. The summed E-state index contributed by atoms with van der Waals surface area (Å²) in [5.74, 6) is 1.93. The summed E-state index contributed by atoms with van der Waals surface area (Å²) in [6.07, 6.45) is 4.65. The summed E-state index contributed by atoms with van der Waals surface area (Å²) in [5.41, 5.74) is 9.17. The highest BCUT2D eigenvalue weighted by Gasteiger charge is 2.31. The fourth-order valence-corrected chi connectivity index (χ4v) is 4.47. The maximum Gasteiger partial charge on any atom is 0.305 e. The van der Waals surface area contributed by atoms with Gasteiger partial charge >= 0.3 is 5.97 Å². The van der Waals surface area contributed by atoms with Crippen LogP contribution in [-0.2, 0) is 16.0 Å². The van der Waals surface area contributed by atoms with Crippen molar-refractivity contribution in [3.8, 4) is 5.75 Å². The van der Waals surface area contributed by atoms with Crippen LogP contribution in [0.1, 0.15) is 52.0 Å². The number of nitrogens with two attached hydrogens (primary N) is 1. The zero-order valence-corrected chi connectivity index (χ0v) is 16.9. The lowest BCUT2D eigenvalue weighted by molar-refractivity contribution is -0.140. The molecule has 0 aromatic heterocycles. The monoisotopic (exact) mass is 362 g/mol. The topological polar surface area (TPSA) is 73.6 Å². The summed E-state index contributed by atoms with van der Waals surface area (Å²) >= 11 is 0. The first-order chi connectivity index (χ1) is 12.2. The van der Waals surface area contributed by atoms with Gasteiger partial charge in [-0.1, -0.05) is 20.8 Å². The van der Waals surface area contributed by atoms with E-state index in [1.165, 1.54) is 26.4 Å². The highest BCUT2D eigenvalue weighted by molar-refractivity contribution is 5.72. The first-order valence-electron chi connectivity index (χ1n) is 9.51. The van der Waals surface area contributed by atoms with Crippen LogP contribution in [0.4, 0.5) is 11.4 Å². The molecule has 0 aliphatic heterocycles. The molecule has 2 atom stereocenters. The number of hydrogen-bond acceptors (Lipinski definition) is 5. The number of aryl methyl sites for hydroxylation is 1. The van der Waals surface area contributed by atoms with Gasteiger partial charge in [-0.3, -0.25) is 4.79 Å². The third-order valence-corrected chi connectivity index (χ3v) is 5.34. The van der Waals surface area contributed by atoms with E-state index in [1.54, 1.807) is 7.11 Å². The van der Waals surface area contributed by atoms with E-state index in [-0.39, 0.29) is 5.97 Å². The van der Waals surface area contributed by atoms with Gasteiger partial charge in [0.05, 0.1) is 25.6 Å². The van der Waals surface area contributed by atoms with Crippen molar-refractivity contribution < 1.29 is 14.3 Å². The minimum atomic E-state index is -0.234. The summed E-state index contributed by atoms with van der Waals surface area (Å²) < 4.78 is 10.2. The molecule has 26 heavy (non-hydrogen) atoms. The van der Waals surface area contributed by atoms with E-state index >= 15 is 0 Å². The van der Waals surface area contributed by atoms with E-state index in [2.05, 4.69) is 26.1 Å². The van der Waals surface area contributed by atoms with Gasteiger partial charge in [-0.25, -0.2) is 0 Å². The van der Waals surface area contributed by atoms with Crippen LogP contribution >= 0.6 is 0 Å². The summed E-state index contributed by atoms with van der Waals surface area (Å²) in [5, 5.41) is 3.52. The molecular weight excluding hydrogens is 328 g/mol. The highest BCUT2D eigenvalue weighted by atomic mass is 16.5. The van der Waals surface area contributed by atoms with Gasteiger partial charge in [0.2, 0.25) is 0 Å². The van der Waals surface area contributed by atoms with Crippen LogP contribution in [0.3, 0.4) is 0 Å². The normalized spacial score (nSPS) is 21.9. The first kappa shape index (κ1) is 20.4. The van der Waals surface area contributed by atoms with Crippen molar-refractivity contribution in [3.63, 3.8) is 0 Å². The zero-order valence-electron chi connectivity index (χ0n) is 16.9. The lowest BCUT2D eigenvalue weighted by Crippen LogP contribution is -2.31. The number of nitrogen functional groups attached to an aromatic ring is 1. The zero-order chi connectivity index (χ0) is 19.3. The molecule has 146 valence electrons. The van der Waals surface area contributed by atoms with Crippen LogP contribution in [0.5, 0.6) is 5.75 Å². The minimum Gasteiger partial charge on any atom is -0.496 e. The van der Waals surface area contributed by atoms with Crippen LogP contribution in [0.25, 0.3) is 0 Å². The second kappa shape index (κ2) is 8.65. The Balaban J connectivity index is 2.04. The average molecular weight is 363 g/mol. The molecule has 0 radical (unpaired) electrons. The lowest BCUT2D eigenvalue weighted by Gasteiger charge is -2.39. The van der Waals surface area contributed by atoms with Crippen molar-refractivity contribution in [1.82, 2.24) is 0 Å². The smallest absolute Gasteiger partial charge is 0.305 e. The third-order valence-electron chi connectivity index (χ3n) is 5.34. The quantitative estimate of drug-likeness (QED) is 0.560. The van der Waals surface area contributed by atoms with E-state index in [9.17, 15) is 4.79 Å². The Bertz CT molecular complexity index is 628. The highest BCUT2D eigenvalue weighted by Crippen LogP contribution is 2.42. The van der Waals surface area contributed by atoms with Crippen LogP contribution in [0.2, 0.25) is 0 Å². The number of benzene rings is 1. The van der Waals surface area contributed by atoms with E-state index in [1.807, 2.05) is 12.1 Å². The molecule has 1 aliphatic carbocycles. The van der Waals surface area contributed by atoms with Gasteiger partial charge in [-0.05, 0) is 54.6 Å². The summed E-state index contributed by atoms with van der Waals surface area (Å²) in [6, 6.07) is 3.84. The van der Waals surface area contributed by atoms with Crippen LogP contribution in [0.15, 0.2) is 12.1 Å². The number of nitrogens with one attached hydrogen (secondary N) is 1. The molecule has 1 aromatic carbocycles. The molecule has 0 amide bonds. The number of rotatable bonds is 7. The fourth-order valence-electron chi connectivity index (χ4n) is 4.47. The average Bonchev–Trinajstić information content (AvgIpc) is 2.56. The number of carbonyl (C=O) groups excluding carboxylic acids is 1. The number of hydrogen-bond donors (Lipinski definition) is 2. The summed E-state index contributed by atoms with van der Waals surface area (Å²) in [7, 11) is 3.04. The number of esters is 1. The standard InChI is InChI=1S/C21H34N2O3/c1-14-8-15(12-21(2,3)11-14)13-23-18-10-19(25-4)16(9-17(18)22)6-7-20(24)26-5/h9-10,14-15,23H,6-8,11-13,22H2,1-5H3/t14-,15?/m0/s1. The van der Waals surface area contributed by atoms with E-state index in [0.717, 1.165) is 29.5 Å². The molecule has 1 aromatic rings. The first-order valence-corrected chi connectivity index (χ1v) is 9.51. The molecule has 1 aliphatic rings. The van der Waals surface area contributed by atoms with Crippen molar-refractivity contribution in [2.45, 2.75) is 52.9 Å². The molecule has 2 rings (SSSR count). The van der Waals surface area contributed by atoms with E-state index in [0.29, 0.717) is 29.9 Å². The number of carbonyl (C=O) groups is 1. The van der Waals surface area contributed by atoms with Crippen molar-refractivity contribution in [3.05, 3.63) is 17.7 Å². The molecule has 5 heteroatoms. The molecule has 0 bridgehead atoms. The minimum absolute atomic E-state index is 0.234. The van der Waals surface area contributed by atoms with Gasteiger partial charge in [0.15, 0.2) is 0 Å². The van der Waals surface area contributed by atoms with Gasteiger partial charge in [0.1, 0.15) is 5.75 Å². The molecule has 0 heterocycles. The van der Waals surface area contributed by atoms with E-state index < -0.39 is 0 Å². The number of anilines is 2. The van der Waals surface area contributed by atoms with Gasteiger partial charge in [0, 0.05) is 19.0 Å². The maximum atomic E-state index is 11.4. The largest absolute Gasteiger partial charge is 0.496 e. The van der Waals surface area contributed by atoms with Crippen LogP contribution < -0.4 is 15.8 Å². The second-order valence-corrected chi connectivity index (χ2v) is 8.49. The second-order valence-electron chi connectivity index (χ2n) is 8.49. The van der Waals surface area contributed by atoms with Crippen molar-refractivity contribution >= 4 is 17.3 Å². The Morgan fingerprint density at radius 2 is 2.04 bits per heavy atom. The van der Waals surface area contributed by atoms with Gasteiger partial charge in [-0.2, -0.15) is 0 Å². The summed E-state index contributed by atoms with van der Waals surface area (Å²) in [6.45, 7) is 8.00. The Morgan fingerprint density at radius 3 is 2.65 bits per heavy atom. The molecule has 0 saturated heterocycles. The Labute approximate surface area is 157 Å².